The van der Waals surface area contributed by atoms with Gasteiger partial charge in [0.25, 0.3) is 0 Å². The van der Waals surface area contributed by atoms with E-state index >= 15 is 0 Å². The number of aliphatic hydroxyl groups is 1. The van der Waals surface area contributed by atoms with E-state index in [2.05, 4.69) is 30.2 Å². The van der Waals surface area contributed by atoms with Crippen LogP contribution in [0, 0.1) is 0 Å². The predicted molar refractivity (Wildman–Crippen MR) is 60.8 cm³/mol. The van der Waals surface area contributed by atoms with E-state index in [0.29, 0.717) is 6.42 Å². The summed E-state index contributed by atoms with van der Waals surface area (Å²) >= 11 is 8.50. The highest BCUT2D eigenvalue weighted by molar-refractivity contribution is 7.93. The Morgan fingerprint density at radius 2 is 2.15 bits per heavy atom. The van der Waals surface area contributed by atoms with Gasteiger partial charge in [0.1, 0.15) is 0 Å². The maximum absolute atomic E-state index is 8.70. The first kappa shape index (κ1) is 10.6. The van der Waals surface area contributed by atoms with Gasteiger partial charge in [-0.1, -0.05) is 6.07 Å². The number of rotatable bonds is 3. The molecule has 0 aromatic carbocycles. The minimum absolute atomic E-state index is 0.0791. The zero-order valence-electron chi connectivity index (χ0n) is 7.01. The Hall–Kier alpha value is -0.450. The van der Waals surface area contributed by atoms with Crippen molar-refractivity contribution in [3.63, 3.8) is 0 Å². The number of aromatic nitrogens is 1. The van der Waals surface area contributed by atoms with E-state index in [0.717, 1.165) is 15.5 Å². The largest absolute Gasteiger partial charge is 0.396 e. The molecule has 0 fully saturated rings. The molecule has 4 heteroatoms. The van der Waals surface area contributed by atoms with Crippen LogP contribution < -0.4 is 0 Å². The molecule has 2 nitrogen and oxygen atoms in total. The molecule has 0 radical (unpaired) electrons. The summed E-state index contributed by atoms with van der Waals surface area (Å²) in [5, 5.41) is 8.70. The number of pyridine rings is 1. The molecule has 13 heavy (non-hydrogen) atoms. The van der Waals surface area contributed by atoms with Crippen molar-refractivity contribution in [1.82, 2.24) is 4.98 Å². The quantitative estimate of drug-likeness (QED) is 0.671. The number of nitrogens with zero attached hydrogens (tertiary/aromatic N) is 1. The molecular formula is C9H11NOS2. The molecule has 0 aliphatic rings. The van der Waals surface area contributed by atoms with E-state index in [-0.39, 0.29) is 6.61 Å². The van der Waals surface area contributed by atoms with E-state index in [9.17, 15) is 0 Å². The fourth-order valence-electron chi connectivity index (χ4n) is 0.875. The van der Waals surface area contributed by atoms with Crippen LogP contribution in [0.2, 0.25) is 0 Å². The molecule has 0 bridgehead atoms. The smallest absolute Gasteiger partial charge is 0.0770 e. The average Bonchev–Trinajstić information content (AvgIpc) is 2.18. The van der Waals surface area contributed by atoms with Crippen molar-refractivity contribution in [3.05, 3.63) is 35.0 Å². The van der Waals surface area contributed by atoms with Crippen molar-refractivity contribution in [2.75, 3.05) is 6.61 Å². The van der Waals surface area contributed by atoms with E-state index < -0.39 is 0 Å². The van der Waals surface area contributed by atoms with Crippen LogP contribution >= 0.6 is 25.3 Å². The molecule has 0 aliphatic carbocycles. The average molecular weight is 213 g/mol. The summed E-state index contributed by atoms with van der Waals surface area (Å²) < 4.78 is 0. The van der Waals surface area contributed by atoms with Crippen molar-refractivity contribution in [2.45, 2.75) is 6.42 Å². The van der Waals surface area contributed by atoms with Crippen LogP contribution in [0.3, 0.4) is 0 Å². The first-order valence-electron chi connectivity index (χ1n) is 3.89. The van der Waals surface area contributed by atoms with Crippen molar-refractivity contribution in [2.24, 2.45) is 0 Å². The molecule has 0 saturated carbocycles. The fourth-order valence-corrected chi connectivity index (χ4v) is 1.33. The molecule has 0 spiro atoms. The summed E-state index contributed by atoms with van der Waals surface area (Å²) in [4.78, 5) is 5.59. The Morgan fingerprint density at radius 3 is 2.69 bits per heavy atom. The van der Waals surface area contributed by atoms with E-state index in [4.69, 9.17) is 5.11 Å². The summed E-state index contributed by atoms with van der Waals surface area (Å²) in [6.07, 6.45) is 2.21. The summed E-state index contributed by atoms with van der Waals surface area (Å²) in [5.74, 6) is 0. The minimum Gasteiger partial charge on any atom is -0.396 e. The van der Waals surface area contributed by atoms with E-state index in [1.807, 2.05) is 18.2 Å². The van der Waals surface area contributed by atoms with Crippen LogP contribution in [0.5, 0.6) is 0 Å². The lowest BCUT2D eigenvalue weighted by molar-refractivity contribution is 0.302. The number of hydrogen-bond donors (Lipinski definition) is 3. The molecule has 0 aliphatic heterocycles. The lowest BCUT2D eigenvalue weighted by atomic mass is 10.3. The number of hydrogen-bond acceptors (Lipinski definition) is 4. The maximum Gasteiger partial charge on any atom is 0.0770 e. The Labute approximate surface area is 88.5 Å². The lowest BCUT2D eigenvalue weighted by Gasteiger charge is -2.03. The first-order valence-corrected chi connectivity index (χ1v) is 4.78. The third-order valence-electron chi connectivity index (χ3n) is 1.53. The fraction of sp³-hybridized carbons (Fsp3) is 0.222. The molecule has 0 saturated heterocycles. The Morgan fingerprint density at radius 1 is 1.38 bits per heavy atom. The molecule has 0 amide bonds. The van der Waals surface area contributed by atoms with Crippen LogP contribution in [0.15, 0.2) is 29.3 Å². The van der Waals surface area contributed by atoms with Gasteiger partial charge in [0.15, 0.2) is 0 Å². The first-order chi connectivity index (χ1) is 6.25. The van der Waals surface area contributed by atoms with E-state index in [1.165, 1.54) is 0 Å². The van der Waals surface area contributed by atoms with Crippen LogP contribution in [0.25, 0.3) is 4.91 Å². The second kappa shape index (κ2) is 5.32. The van der Waals surface area contributed by atoms with Crippen LogP contribution in [-0.4, -0.2) is 16.7 Å². The van der Waals surface area contributed by atoms with Crippen molar-refractivity contribution in [1.29, 1.82) is 0 Å². The molecule has 0 unspecified atom stereocenters. The van der Waals surface area contributed by atoms with Crippen molar-refractivity contribution >= 4 is 30.2 Å². The lowest BCUT2D eigenvalue weighted by Crippen LogP contribution is -1.88. The normalized spacial score (nSPS) is 12.5. The second-order valence-electron chi connectivity index (χ2n) is 2.48. The van der Waals surface area contributed by atoms with Gasteiger partial charge in [0, 0.05) is 24.1 Å². The van der Waals surface area contributed by atoms with Gasteiger partial charge in [-0.25, -0.2) is 0 Å². The third-order valence-corrected chi connectivity index (χ3v) is 2.65. The van der Waals surface area contributed by atoms with Gasteiger partial charge in [0.2, 0.25) is 0 Å². The van der Waals surface area contributed by atoms with Gasteiger partial charge in [-0.05, 0) is 17.0 Å². The number of thiol groups is 2. The number of aliphatic hydroxyl groups excluding tert-OH is 1. The molecular weight excluding hydrogens is 202 g/mol. The van der Waals surface area contributed by atoms with E-state index in [1.54, 1.807) is 6.20 Å². The van der Waals surface area contributed by atoms with Crippen LogP contribution in [-0.2, 0) is 0 Å². The summed E-state index contributed by atoms with van der Waals surface area (Å²) in [6, 6.07) is 5.59. The second-order valence-corrected chi connectivity index (χ2v) is 3.47. The van der Waals surface area contributed by atoms with Gasteiger partial charge in [-0.3, -0.25) is 4.98 Å². The highest BCUT2D eigenvalue weighted by Crippen LogP contribution is 2.24. The predicted octanol–water partition coefficient (Wildman–Crippen LogP) is 1.99. The van der Waals surface area contributed by atoms with Gasteiger partial charge < -0.3 is 5.11 Å². The monoisotopic (exact) mass is 213 g/mol. The van der Waals surface area contributed by atoms with Crippen molar-refractivity contribution < 1.29 is 5.11 Å². The molecule has 1 heterocycles. The molecule has 0 atom stereocenters. The summed E-state index contributed by atoms with van der Waals surface area (Å²) in [7, 11) is 0. The van der Waals surface area contributed by atoms with Gasteiger partial charge in [0.05, 0.1) is 5.69 Å². The zero-order valence-corrected chi connectivity index (χ0v) is 8.80. The van der Waals surface area contributed by atoms with Crippen LogP contribution in [0.4, 0.5) is 0 Å². The maximum atomic E-state index is 8.70. The topological polar surface area (TPSA) is 33.1 Å². The Kier molecular flexibility index (Phi) is 4.35. The summed E-state index contributed by atoms with van der Waals surface area (Å²) in [6.45, 7) is 0.0791. The third kappa shape index (κ3) is 3.06. The minimum atomic E-state index is 0.0791. The van der Waals surface area contributed by atoms with Gasteiger partial charge in [-0.2, -0.15) is 0 Å². The molecule has 1 aromatic heterocycles. The molecule has 1 aromatic rings. The highest BCUT2D eigenvalue weighted by atomic mass is 32.1. The highest BCUT2D eigenvalue weighted by Gasteiger charge is 2.02. The summed E-state index contributed by atoms with van der Waals surface area (Å²) in [5.41, 5.74) is 0.782. The SMILES string of the molecule is OCC/C(S)=C(/S)c1ccccn1. The Balaban J connectivity index is 2.89. The van der Waals surface area contributed by atoms with Gasteiger partial charge >= 0.3 is 0 Å². The molecule has 1 N–H and O–H groups in total. The van der Waals surface area contributed by atoms with Crippen LogP contribution in [0.1, 0.15) is 12.1 Å². The molecule has 70 valence electrons. The van der Waals surface area contributed by atoms with Gasteiger partial charge in [-0.15, -0.1) is 25.3 Å². The van der Waals surface area contributed by atoms with Crippen molar-refractivity contribution in [3.8, 4) is 0 Å². The zero-order chi connectivity index (χ0) is 9.68. The standard InChI is InChI=1S/C9H11NOS2/c11-6-4-8(12)9(13)7-3-1-2-5-10-7/h1-3,5,11-13H,4,6H2/b9-8-. The Bertz CT molecular complexity index is 298. The molecule has 1 rings (SSSR count).